The molecule has 1 N–H and O–H groups in total. The van der Waals surface area contributed by atoms with Gasteiger partial charge in [-0.2, -0.15) is 0 Å². The molecule has 0 spiro atoms. The number of rotatable bonds is 2. The number of carbonyl (C=O) groups is 2. The fraction of sp³-hybridized carbons (Fsp3) is 0. The van der Waals surface area contributed by atoms with Crippen molar-refractivity contribution in [1.29, 1.82) is 0 Å². The molecule has 1 fully saturated rings. The van der Waals surface area contributed by atoms with Gasteiger partial charge in [-0.15, -0.1) is 0 Å². The number of amides is 2. The summed E-state index contributed by atoms with van der Waals surface area (Å²) in [4.78, 5) is 22.5. The minimum atomic E-state index is -0.403. The van der Waals surface area contributed by atoms with E-state index in [2.05, 4.69) is 5.32 Å². The van der Waals surface area contributed by atoms with Crippen LogP contribution in [0.3, 0.4) is 0 Å². The number of allylic oxidation sites excluding steroid dienone is 2. The summed E-state index contributed by atoms with van der Waals surface area (Å²) in [5.41, 5.74) is 0.934. The standard InChI is InChI=1S/C12H8ClNO2S/c13-9(6-8-4-2-1-3-5-8)7-10-11(15)14-12(16)17-10/h1-7H,(H,14,15,16)/b9-6-,10-7-. The fourth-order valence-electron chi connectivity index (χ4n) is 1.30. The number of benzene rings is 1. The lowest BCUT2D eigenvalue weighted by Gasteiger charge is -1.94. The molecular formula is C12H8ClNO2S. The molecule has 1 aliphatic rings. The first-order valence-corrected chi connectivity index (χ1v) is 6.02. The van der Waals surface area contributed by atoms with Crippen molar-refractivity contribution in [3.05, 3.63) is 51.9 Å². The summed E-state index contributed by atoms with van der Waals surface area (Å²) >= 11 is 6.84. The van der Waals surface area contributed by atoms with Gasteiger partial charge in [0.2, 0.25) is 0 Å². The van der Waals surface area contributed by atoms with Gasteiger partial charge >= 0.3 is 0 Å². The first-order chi connectivity index (χ1) is 8.15. The van der Waals surface area contributed by atoms with Gasteiger partial charge < -0.3 is 0 Å². The number of hydrogen-bond donors (Lipinski definition) is 1. The van der Waals surface area contributed by atoms with E-state index in [9.17, 15) is 9.59 Å². The minimum Gasteiger partial charge on any atom is -0.282 e. The van der Waals surface area contributed by atoms with Gasteiger partial charge in [0.1, 0.15) is 0 Å². The van der Waals surface area contributed by atoms with E-state index in [1.54, 1.807) is 6.08 Å². The topological polar surface area (TPSA) is 46.2 Å². The van der Waals surface area contributed by atoms with Crippen molar-refractivity contribution in [3.8, 4) is 0 Å². The molecule has 0 bridgehead atoms. The minimum absolute atomic E-state index is 0.312. The Hall–Kier alpha value is -1.52. The Morgan fingerprint density at radius 1 is 1.24 bits per heavy atom. The van der Waals surface area contributed by atoms with Crippen LogP contribution in [0.5, 0.6) is 0 Å². The van der Waals surface area contributed by atoms with Crippen LogP contribution in [-0.2, 0) is 4.79 Å². The highest BCUT2D eigenvalue weighted by molar-refractivity contribution is 8.18. The van der Waals surface area contributed by atoms with Gasteiger partial charge in [0.15, 0.2) is 0 Å². The van der Waals surface area contributed by atoms with Gasteiger partial charge in [-0.3, -0.25) is 14.9 Å². The molecule has 2 amide bonds. The molecule has 0 unspecified atom stereocenters. The van der Waals surface area contributed by atoms with Crippen molar-refractivity contribution >= 4 is 40.6 Å². The summed E-state index contributed by atoms with van der Waals surface area (Å²) in [7, 11) is 0. The van der Waals surface area contributed by atoms with Gasteiger partial charge in [-0.05, 0) is 29.5 Å². The van der Waals surface area contributed by atoms with E-state index in [0.717, 1.165) is 17.3 Å². The molecular weight excluding hydrogens is 258 g/mol. The van der Waals surface area contributed by atoms with Crippen LogP contribution in [-0.4, -0.2) is 11.1 Å². The quantitative estimate of drug-likeness (QED) is 0.836. The van der Waals surface area contributed by atoms with Crippen LogP contribution in [0.15, 0.2) is 46.3 Å². The lowest BCUT2D eigenvalue weighted by molar-refractivity contribution is -0.115. The molecule has 0 aromatic heterocycles. The maximum atomic E-state index is 11.3. The Bertz CT molecular complexity index is 523. The maximum Gasteiger partial charge on any atom is 0.290 e. The first-order valence-electron chi connectivity index (χ1n) is 4.82. The van der Waals surface area contributed by atoms with Crippen molar-refractivity contribution in [2.24, 2.45) is 0 Å². The van der Waals surface area contributed by atoms with Crippen LogP contribution in [0, 0.1) is 0 Å². The molecule has 0 atom stereocenters. The largest absolute Gasteiger partial charge is 0.290 e. The summed E-state index contributed by atoms with van der Waals surface area (Å²) in [6, 6.07) is 9.48. The van der Waals surface area contributed by atoms with Crippen molar-refractivity contribution in [2.75, 3.05) is 0 Å². The molecule has 0 saturated carbocycles. The molecule has 0 aliphatic carbocycles. The summed E-state index contributed by atoms with van der Waals surface area (Å²) in [5.74, 6) is -0.403. The first kappa shape index (κ1) is 12.0. The Kier molecular flexibility index (Phi) is 3.66. The highest BCUT2D eigenvalue weighted by Crippen LogP contribution is 2.26. The molecule has 1 saturated heterocycles. The van der Waals surface area contributed by atoms with Crippen molar-refractivity contribution < 1.29 is 9.59 Å². The van der Waals surface area contributed by atoms with Gasteiger partial charge in [0.05, 0.1) is 4.91 Å². The third-order valence-corrected chi connectivity index (χ3v) is 3.04. The number of imide groups is 1. The summed E-state index contributed by atoms with van der Waals surface area (Å²) in [6.07, 6.45) is 3.21. The lowest BCUT2D eigenvalue weighted by Crippen LogP contribution is -2.17. The second kappa shape index (κ2) is 5.21. The molecule has 3 nitrogen and oxygen atoms in total. The van der Waals surface area contributed by atoms with Crippen LogP contribution in [0.1, 0.15) is 5.56 Å². The highest BCUT2D eigenvalue weighted by Gasteiger charge is 2.24. The maximum absolute atomic E-state index is 11.3. The lowest BCUT2D eigenvalue weighted by atomic mass is 10.2. The van der Waals surface area contributed by atoms with E-state index in [1.807, 2.05) is 30.3 Å². The molecule has 86 valence electrons. The normalized spacial score (nSPS) is 18.6. The Balaban J connectivity index is 2.19. The van der Waals surface area contributed by atoms with Gasteiger partial charge in [0.25, 0.3) is 11.1 Å². The predicted octanol–water partition coefficient (Wildman–Crippen LogP) is 3.13. The summed E-state index contributed by atoms with van der Waals surface area (Å²) in [6.45, 7) is 0. The van der Waals surface area contributed by atoms with Crippen LogP contribution >= 0.6 is 23.4 Å². The average molecular weight is 266 g/mol. The van der Waals surface area contributed by atoms with Crippen molar-refractivity contribution in [2.45, 2.75) is 0 Å². The fourth-order valence-corrected chi connectivity index (χ4v) is 2.27. The van der Waals surface area contributed by atoms with E-state index < -0.39 is 5.91 Å². The number of nitrogens with one attached hydrogen (secondary N) is 1. The highest BCUT2D eigenvalue weighted by atomic mass is 35.5. The van der Waals surface area contributed by atoms with Crippen LogP contribution in [0.25, 0.3) is 6.08 Å². The Labute approximate surface area is 108 Å². The van der Waals surface area contributed by atoms with Crippen LogP contribution in [0.4, 0.5) is 4.79 Å². The third-order valence-electron chi connectivity index (χ3n) is 2.02. The molecule has 5 heteroatoms. The summed E-state index contributed by atoms with van der Waals surface area (Å²) in [5, 5.41) is 2.20. The predicted molar refractivity (Wildman–Crippen MR) is 69.5 cm³/mol. The van der Waals surface area contributed by atoms with E-state index in [4.69, 9.17) is 11.6 Å². The summed E-state index contributed by atoms with van der Waals surface area (Å²) < 4.78 is 0. The molecule has 1 aliphatic heterocycles. The second-order valence-electron chi connectivity index (χ2n) is 3.29. The van der Waals surface area contributed by atoms with E-state index in [1.165, 1.54) is 6.08 Å². The SMILES string of the molecule is O=C1NC(=O)/C(=C/C(Cl)=C/c2ccccc2)S1. The Morgan fingerprint density at radius 3 is 2.53 bits per heavy atom. The second-order valence-corrected chi connectivity index (χ2v) is 4.74. The molecule has 0 radical (unpaired) electrons. The average Bonchev–Trinajstić information content (AvgIpc) is 2.58. The van der Waals surface area contributed by atoms with E-state index in [-0.39, 0.29) is 5.24 Å². The van der Waals surface area contributed by atoms with Gasteiger partial charge in [0, 0.05) is 5.03 Å². The van der Waals surface area contributed by atoms with Gasteiger partial charge in [-0.25, -0.2) is 0 Å². The van der Waals surface area contributed by atoms with Crippen molar-refractivity contribution in [1.82, 2.24) is 5.32 Å². The van der Waals surface area contributed by atoms with Gasteiger partial charge in [-0.1, -0.05) is 41.9 Å². The Morgan fingerprint density at radius 2 is 1.94 bits per heavy atom. The smallest absolute Gasteiger partial charge is 0.282 e. The molecule has 17 heavy (non-hydrogen) atoms. The monoisotopic (exact) mass is 265 g/mol. The number of carbonyl (C=O) groups excluding carboxylic acids is 2. The number of thioether (sulfide) groups is 1. The van der Waals surface area contributed by atoms with Crippen LogP contribution in [0.2, 0.25) is 0 Å². The molecule has 1 heterocycles. The van der Waals surface area contributed by atoms with E-state index in [0.29, 0.717) is 9.94 Å². The number of hydrogen-bond acceptors (Lipinski definition) is 3. The third kappa shape index (κ3) is 3.22. The zero-order chi connectivity index (χ0) is 12.3. The molecule has 2 rings (SSSR count). The zero-order valence-corrected chi connectivity index (χ0v) is 10.2. The zero-order valence-electron chi connectivity index (χ0n) is 8.64. The van der Waals surface area contributed by atoms with Crippen LogP contribution < -0.4 is 5.32 Å². The molecule has 1 aromatic rings. The number of halogens is 1. The van der Waals surface area contributed by atoms with E-state index >= 15 is 0 Å². The van der Waals surface area contributed by atoms with Crippen molar-refractivity contribution in [3.63, 3.8) is 0 Å². The molecule has 1 aromatic carbocycles.